The second-order valence-corrected chi connectivity index (χ2v) is 5.42. The van der Waals surface area contributed by atoms with Crippen LogP contribution in [0.15, 0.2) is 22.7 Å². The van der Waals surface area contributed by atoms with Gasteiger partial charge >= 0.3 is 12.5 Å². The number of alkyl halides is 7. The number of ether oxygens (including phenoxy) is 2. The van der Waals surface area contributed by atoms with Gasteiger partial charge < -0.3 is 9.47 Å². The molecule has 10 heteroatoms. The Balaban J connectivity index is 2.69. The molecule has 0 aliphatic carbocycles. The van der Waals surface area contributed by atoms with Gasteiger partial charge in [-0.05, 0) is 34.1 Å². The fourth-order valence-electron chi connectivity index (χ4n) is 1.04. The smallest absolute Gasteiger partial charge is 0.492 e. The monoisotopic (exact) mass is 430 g/mol. The summed E-state index contributed by atoms with van der Waals surface area (Å²) in [7, 11) is 0. The lowest BCUT2D eigenvalue weighted by Gasteiger charge is -2.16. The van der Waals surface area contributed by atoms with E-state index in [1.807, 2.05) is 0 Å². The first-order chi connectivity index (χ1) is 8.99. The lowest BCUT2D eigenvalue weighted by molar-refractivity contribution is -0.274. The van der Waals surface area contributed by atoms with Crippen molar-refractivity contribution in [1.29, 1.82) is 0 Å². The molecule has 1 aromatic carbocycles. The highest BCUT2D eigenvalue weighted by Gasteiger charge is 2.38. The van der Waals surface area contributed by atoms with Crippen LogP contribution in [0.4, 0.5) is 26.3 Å². The zero-order valence-electron chi connectivity index (χ0n) is 9.36. The van der Waals surface area contributed by atoms with E-state index >= 15 is 0 Å². The molecule has 114 valence electrons. The second kappa shape index (κ2) is 6.42. The van der Waals surface area contributed by atoms with Gasteiger partial charge in [0, 0.05) is 0 Å². The van der Waals surface area contributed by atoms with Crippen molar-refractivity contribution in [3.8, 4) is 11.5 Å². The van der Waals surface area contributed by atoms with Crippen molar-refractivity contribution in [1.82, 2.24) is 0 Å². The summed E-state index contributed by atoms with van der Waals surface area (Å²) in [5.74, 6) is -0.545. The van der Waals surface area contributed by atoms with Gasteiger partial charge in [0.05, 0.1) is 4.47 Å². The zero-order chi connectivity index (χ0) is 15.6. The van der Waals surface area contributed by atoms with Crippen molar-refractivity contribution >= 4 is 31.9 Å². The van der Waals surface area contributed by atoms with Crippen molar-refractivity contribution in [2.24, 2.45) is 0 Å². The van der Waals surface area contributed by atoms with Crippen LogP contribution in [0, 0.1) is 0 Å². The molecule has 0 fully saturated rings. The minimum absolute atomic E-state index is 0.0277. The van der Waals surface area contributed by atoms with E-state index in [1.165, 1.54) is 0 Å². The van der Waals surface area contributed by atoms with Gasteiger partial charge in [0.2, 0.25) is 0 Å². The number of benzene rings is 1. The predicted octanol–water partition coefficient (Wildman–Crippen LogP) is 5.05. The molecule has 0 radical (unpaired) electrons. The molecule has 0 amide bonds. The van der Waals surface area contributed by atoms with Crippen LogP contribution in [0.25, 0.3) is 0 Å². The highest BCUT2D eigenvalue weighted by molar-refractivity contribution is 9.10. The highest BCUT2D eigenvalue weighted by Crippen LogP contribution is 2.34. The summed E-state index contributed by atoms with van der Waals surface area (Å²) in [6.07, 6.45) is -9.33. The SMILES string of the molecule is FC(F)(F)Oc1ccc(OCC(Br)C(F)(F)F)cc1Br. The fraction of sp³-hybridized carbons (Fsp3) is 0.400. The summed E-state index contributed by atoms with van der Waals surface area (Å²) in [6, 6.07) is 3.09. The van der Waals surface area contributed by atoms with Crippen LogP contribution in [0.2, 0.25) is 0 Å². The van der Waals surface area contributed by atoms with Gasteiger partial charge in [-0.2, -0.15) is 13.2 Å². The Bertz CT molecular complexity index is 460. The van der Waals surface area contributed by atoms with E-state index < -0.39 is 29.7 Å². The van der Waals surface area contributed by atoms with Gasteiger partial charge in [-0.15, -0.1) is 13.2 Å². The molecule has 0 aliphatic rings. The molecule has 1 atom stereocenters. The zero-order valence-corrected chi connectivity index (χ0v) is 12.5. The van der Waals surface area contributed by atoms with E-state index in [0.29, 0.717) is 0 Å². The Morgan fingerprint density at radius 1 is 1.10 bits per heavy atom. The Labute approximate surface area is 126 Å². The Hall–Kier alpha value is -0.640. The molecule has 0 aromatic heterocycles. The summed E-state index contributed by atoms with van der Waals surface area (Å²) < 4.78 is 81.0. The molecule has 1 rings (SSSR count). The van der Waals surface area contributed by atoms with E-state index in [1.54, 1.807) is 0 Å². The summed E-state index contributed by atoms with van der Waals surface area (Å²) in [5, 5.41) is 0. The van der Waals surface area contributed by atoms with E-state index in [4.69, 9.17) is 4.74 Å². The normalized spacial score (nSPS) is 14.0. The third kappa shape index (κ3) is 5.78. The topological polar surface area (TPSA) is 18.5 Å². The standard InChI is InChI=1S/C10H6Br2F6O2/c11-6-3-5(19-4-8(12)9(13,14)15)1-2-7(6)20-10(16,17)18/h1-3,8H,4H2. The van der Waals surface area contributed by atoms with E-state index in [-0.39, 0.29) is 10.2 Å². The van der Waals surface area contributed by atoms with Gasteiger partial charge in [0.25, 0.3) is 0 Å². The molecule has 0 aliphatic heterocycles. The van der Waals surface area contributed by atoms with E-state index in [9.17, 15) is 26.3 Å². The summed E-state index contributed by atoms with van der Waals surface area (Å²) in [4.78, 5) is -1.88. The van der Waals surface area contributed by atoms with Gasteiger partial charge in [0.1, 0.15) is 22.9 Å². The lowest BCUT2D eigenvalue weighted by atomic mass is 10.3. The third-order valence-corrected chi connectivity index (χ3v) is 3.28. The molecular weight excluding hydrogens is 426 g/mol. The molecule has 0 saturated heterocycles. The minimum atomic E-state index is -4.86. The minimum Gasteiger partial charge on any atom is -0.492 e. The molecule has 0 saturated carbocycles. The van der Waals surface area contributed by atoms with Crippen LogP contribution >= 0.6 is 31.9 Å². The summed E-state index contributed by atoms with van der Waals surface area (Å²) in [6.45, 7) is -0.713. The first-order valence-corrected chi connectivity index (χ1v) is 6.59. The molecule has 1 unspecified atom stereocenters. The average molecular weight is 432 g/mol. The largest absolute Gasteiger partial charge is 0.573 e. The molecule has 0 bridgehead atoms. The molecular formula is C10H6Br2F6O2. The quantitative estimate of drug-likeness (QED) is 0.490. The highest BCUT2D eigenvalue weighted by atomic mass is 79.9. The third-order valence-electron chi connectivity index (χ3n) is 1.88. The number of rotatable bonds is 4. The average Bonchev–Trinajstić information content (AvgIpc) is 2.26. The van der Waals surface area contributed by atoms with Crippen molar-refractivity contribution in [2.75, 3.05) is 6.61 Å². The molecule has 1 aromatic rings. The van der Waals surface area contributed by atoms with Crippen LogP contribution in [0.3, 0.4) is 0 Å². The fourth-order valence-corrected chi connectivity index (χ4v) is 1.61. The summed E-state index contributed by atoms with van der Waals surface area (Å²) in [5.41, 5.74) is 0. The molecule has 0 N–H and O–H groups in total. The number of hydrogen-bond acceptors (Lipinski definition) is 2. The first-order valence-electron chi connectivity index (χ1n) is 4.88. The van der Waals surface area contributed by atoms with Crippen LogP contribution < -0.4 is 9.47 Å². The van der Waals surface area contributed by atoms with Crippen LogP contribution in [-0.2, 0) is 0 Å². The van der Waals surface area contributed by atoms with Crippen molar-refractivity contribution in [3.05, 3.63) is 22.7 Å². The van der Waals surface area contributed by atoms with Gasteiger partial charge in [-0.3, -0.25) is 0 Å². The molecule has 0 heterocycles. The Morgan fingerprint density at radius 3 is 2.15 bits per heavy atom. The van der Waals surface area contributed by atoms with E-state index in [0.717, 1.165) is 18.2 Å². The second-order valence-electron chi connectivity index (χ2n) is 3.46. The number of halogens is 8. The number of hydrogen-bond donors (Lipinski definition) is 0. The Morgan fingerprint density at radius 2 is 1.70 bits per heavy atom. The van der Waals surface area contributed by atoms with Gasteiger partial charge in [-0.1, -0.05) is 15.9 Å². The Kier molecular flexibility index (Phi) is 5.59. The maximum atomic E-state index is 12.2. The lowest BCUT2D eigenvalue weighted by Crippen LogP contribution is -2.28. The van der Waals surface area contributed by atoms with Gasteiger partial charge in [0.15, 0.2) is 0 Å². The van der Waals surface area contributed by atoms with E-state index in [2.05, 4.69) is 36.6 Å². The van der Waals surface area contributed by atoms with Gasteiger partial charge in [-0.25, -0.2) is 0 Å². The van der Waals surface area contributed by atoms with Crippen molar-refractivity contribution in [3.63, 3.8) is 0 Å². The maximum Gasteiger partial charge on any atom is 0.573 e. The maximum absolute atomic E-state index is 12.2. The molecule has 2 nitrogen and oxygen atoms in total. The molecule has 20 heavy (non-hydrogen) atoms. The van der Waals surface area contributed by atoms with Crippen LogP contribution in [0.1, 0.15) is 0 Å². The van der Waals surface area contributed by atoms with Crippen LogP contribution in [0.5, 0.6) is 11.5 Å². The first kappa shape index (κ1) is 17.4. The summed E-state index contributed by atoms with van der Waals surface area (Å²) >= 11 is 5.20. The molecule has 0 spiro atoms. The van der Waals surface area contributed by atoms with Crippen molar-refractivity contribution in [2.45, 2.75) is 17.4 Å². The van der Waals surface area contributed by atoms with Crippen molar-refractivity contribution < 1.29 is 35.8 Å². The predicted molar refractivity (Wildman–Crippen MR) is 65.1 cm³/mol. The van der Waals surface area contributed by atoms with Crippen LogP contribution in [-0.4, -0.2) is 24.0 Å².